The summed E-state index contributed by atoms with van der Waals surface area (Å²) in [6.45, 7) is 3.82. The summed E-state index contributed by atoms with van der Waals surface area (Å²) >= 11 is 0. The van der Waals surface area contributed by atoms with Gasteiger partial charge in [-0.25, -0.2) is 0 Å². The smallest absolute Gasteiger partial charge is 0.119 e. The maximum Gasteiger partial charge on any atom is 0.119 e. The van der Waals surface area contributed by atoms with Crippen molar-refractivity contribution >= 4 is 12.4 Å². The van der Waals surface area contributed by atoms with Crippen molar-refractivity contribution in [2.75, 3.05) is 13.2 Å². The summed E-state index contributed by atoms with van der Waals surface area (Å²) in [6.07, 6.45) is 14.6. The zero-order valence-corrected chi connectivity index (χ0v) is 15.7. The predicted molar refractivity (Wildman–Crippen MR) is 104 cm³/mol. The summed E-state index contributed by atoms with van der Waals surface area (Å²) in [6, 6.07) is 8.34. The van der Waals surface area contributed by atoms with Crippen LogP contribution in [0.15, 0.2) is 24.3 Å². The molecule has 0 bridgehead atoms. The highest BCUT2D eigenvalue weighted by Gasteiger charge is 1.96. The fraction of sp³-hybridized carbons (Fsp3) is 0.700. The van der Waals surface area contributed by atoms with Crippen molar-refractivity contribution in [2.45, 2.75) is 77.6 Å². The Morgan fingerprint density at radius 2 is 1.30 bits per heavy atom. The molecule has 1 aromatic rings. The minimum atomic E-state index is 0. The molecule has 2 N–H and O–H groups in total. The Morgan fingerprint density at radius 1 is 0.783 bits per heavy atom. The lowest BCUT2D eigenvalue weighted by Gasteiger charge is -2.07. The maximum atomic E-state index is 5.78. The lowest BCUT2D eigenvalue weighted by Crippen LogP contribution is -2.02. The van der Waals surface area contributed by atoms with Crippen LogP contribution in [0.1, 0.15) is 76.7 Å². The topological polar surface area (TPSA) is 35.2 Å². The minimum Gasteiger partial charge on any atom is -0.494 e. The van der Waals surface area contributed by atoms with Gasteiger partial charge in [0, 0.05) is 0 Å². The highest BCUT2D eigenvalue weighted by atomic mass is 35.5. The van der Waals surface area contributed by atoms with Crippen LogP contribution in [0.25, 0.3) is 0 Å². The highest BCUT2D eigenvalue weighted by Crippen LogP contribution is 2.14. The van der Waals surface area contributed by atoms with Gasteiger partial charge in [0.15, 0.2) is 0 Å². The monoisotopic (exact) mass is 341 g/mol. The van der Waals surface area contributed by atoms with Crippen LogP contribution >= 0.6 is 12.4 Å². The van der Waals surface area contributed by atoms with Crippen LogP contribution in [0.4, 0.5) is 0 Å². The SMILES string of the molecule is CCCCCCCCCCCCOc1ccc(CCN)cc1.Cl. The molecule has 0 saturated carbocycles. The van der Waals surface area contributed by atoms with Crippen LogP contribution in [-0.4, -0.2) is 13.2 Å². The van der Waals surface area contributed by atoms with Gasteiger partial charge in [0.05, 0.1) is 6.61 Å². The molecule has 0 aromatic heterocycles. The molecule has 0 radical (unpaired) electrons. The lowest BCUT2D eigenvalue weighted by atomic mass is 10.1. The van der Waals surface area contributed by atoms with E-state index in [1.165, 1.54) is 69.8 Å². The predicted octanol–water partition coefficient (Wildman–Crippen LogP) is 5.91. The van der Waals surface area contributed by atoms with E-state index in [1.54, 1.807) is 0 Å². The zero-order valence-electron chi connectivity index (χ0n) is 14.9. The minimum absolute atomic E-state index is 0. The van der Waals surface area contributed by atoms with Crippen molar-refractivity contribution in [2.24, 2.45) is 5.73 Å². The Hall–Kier alpha value is -0.730. The van der Waals surface area contributed by atoms with E-state index < -0.39 is 0 Å². The van der Waals surface area contributed by atoms with Crippen molar-refractivity contribution < 1.29 is 4.74 Å². The lowest BCUT2D eigenvalue weighted by molar-refractivity contribution is 0.304. The number of benzene rings is 1. The van der Waals surface area contributed by atoms with Gasteiger partial charge < -0.3 is 10.5 Å². The van der Waals surface area contributed by atoms with E-state index in [9.17, 15) is 0 Å². The second kappa shape index (κ2) is 16.1. The summed E-state index contributed by atoms with van der Waals surface area (Å²) in [4.78, 5) is 0. The Bertz CT molecular complexity index is 353. The van der Waals surface area contributed by atoms with E-state index >= 15 is 0 Å². The molecule has 1 aromatic carbocycles. The molecule has 0 aliphatic rings. The average molecular weight is 342 g/mol. The normalized spacial score (nSPS) is 10.3. The molecule has 0 atom stereocenters. The van der Waals surface area contributed by atoms with Crippen molar-refractivity contribution in [3.63, 3.8) is 0 Å². The third-order valence-electron chi connectivity index (χ3n) is 4.12. The van der Waals surface area contributed by atoms with Crippen LogP contribution in [0.5, 0.6) is 5.75 Å². The molecule has 3 heteroatoms. The van der Waals surface area contributed by atoms with Gasteiger partial charge in [0.2, 0.25) is 0 Å². The first-order valence-electron chi connectivity index (χ1n) is 9.28. The first-order chi connectivity index (χ1) is 10.9. The maximum absolute atomic E-state index is 5.78. The van der Waals surface area contributed by atoms with Gasteiger partial charge in [0.25, 0.3) is 0 Å². The largest absolute Gasteiger partial charge is 0.494 e. The van der Waals surface area contributed by atoms with Gasteiger partial charge in [-0.15, -0.1) is 12.4 Å². The van der Waals surface area contributed by atoms with Crippen LogP contribution in [0, 0.1) is 0 Å². The van der Waals surface area contributed by atoms with E-state index in [1.807, 2.05) is 0 Å². The summed E-state index contributed by atoms with van der Waals surface area (Å²) < 4.78 is 5.78. The van der Waals surface area contributed by atoms with Crippen molar-refractivity contribution in [1.29, 1.82) is 0 Å². The molecule has 134 valence electrons. The molecule has 0 saturated heterocycles. The van der Waals surface area contributed by atoms with E-state index in [-0.39, 0.29) is 12.4 Å². The second-order valence-electron chi connectivity index (χ2n) is 6.21. The van der Waals surface area contributed by atoms with Crippen LogP contribution in [-0.2, 0) is 6.42 Å². The molecule has 23 heavy (non-hydrogen) atoms. The quantitative estimate of drug-likeness (QED) is 0.427. The molecule has 0 spiro atoms. The summed E-state index contributed by atoms with van der Waals surface area (Å²) in [7, 11) is 0. The molecular formula is C20H36ClNO. The Morgan fingerprint density at radius 3 is 1.83 bits per heavy atom. The third-order valence-corrected chi connectivity index (χ3v) is 4.12. The van der Waals surface area contributed by atoms with E-state index in [2.05, 4.69) is 31.2 Å². The summed E-state index contributed by atoms with van der Waals surface area (Å²) in [5.74, 6) is 0.983. The number of hydrogen-bond acceptors (Lipinski definition) is 2. The Kier molecular flexibility index (Phi) is 15.6. The average Bonchev–Trinajstić information content (AvgIpc) is 2.54. The van der Waals surface area contributed by atoms with Crippen LogP contribution in [0.2, 0.25) is 0 Å². The van der Waals surface area contributed by atoms with E-state index in [0.29, 0.717) is 6.54 Å². The molecule has 0 aliphatic heterocycles. The van der Waals surface area contributed by atoms with Crippen LogP contribution in [0.3, 0.4) is 0 Å². The molecule has 2 nitrogen and oxygen atoms in total. The fourth-order valence-corrected chi connectivity index (χ4v) is 2.70. The van der Waals surface area contributed by atoms with Gasteiger partial charge in [-0.1, -0.05) is 76.8 Å². The molecule has 0 amide bonds. The molecule has 0 unspecified atom stereocenters. The van der Waals surface area contributed by atoms with Crippen LogP contribution < -0.4 is 10.5 Å². The van der Waals surface area contributed by atoms with Crippen molar-refractivity contribution in [3.05, 3.63) is 29.8 Å². The number of hydrogen-bond donors (Lipinski definition) is 1. The van der Waals surface area contributed by atoms with Gasteiger partial charge in [-0.2, -0.15) is 0 Å². The fourth-order valence-electron chi connectivity index (χ4n) is 2.70. The summed E-state index contributed by atoms with van der Waals surface area (Å²) in [5.41, 5.74) is 6.83. The molecule has 0 heterocycles. The molecule has 0 aliphatic carbocycles. The van der Waals surface area contributed by atoms with E-state index in [4.69, 9.17) is 10.5 Å². The van der Waals surface area contributed by atoms with E-state index in [0.717, 1.165) is 18.8 Å². The van der Waals surface area contributed by atoms with Crippen molar-refractivity contribution in [3.8, 4) is 5.75 Å². The van der Waals surface area contributed by atoms with Gasteiger partial charge in [-0.3, -0.25) is 0 Å². The van der Waals surface area contributed by atoms with Gasteiger partial charge in [0.1, 0.15) is 5.75 Å². The molecule has 1 rings (SSSR count). The Labute approximate surface area is 149 Å². The second-order valence-corrected chi connectivity index (χ2v) is 6.21. The summed E-state index contributed by atoms with van der Waals surface area (Å²) in [5, 5.41) is 0. The number of nitrogens with two attached hydrogens (primary N) is 1. The Balaban J connectivity index is 0.00000484. The van der Waals surface area contributed by atoms with Crippen molar-refractivity contribution in [1.82, 2.24) is 0 Å². The van der Waals surface area contributed by atoms with Gasteiger partial charge >= 0.3 is 0 Å². The molecule has 0 fully saturated rings. The number of rotatable bonds is 14. The number of ether oxygens (including phenoxy) is 1. The zero-order chi connectivity index (χ0) is 15.9. The number of unbranched alkanes of at least 4 members (excludes halogenated alkanes) is 9. The van der Waals surface area contributed by atoms with Gasteiger partial charge in [-0.05, 0) is 37.1 Å². The standard InChI is InChI=1S/C20H35NO.ClH/c1-2-3-4-5-6-7-8-9-10-11-18-22-20-14-12-19(13-15-20)16-17-21;/h12-15H,2-11,16-18,21H2,1H3;1H. The first kappa shape index (κ1) is 22.3. The number of halogens is 1. The molecular weight excluding hydrogens is 306 g/mol. The highest BCUT2D eigenvalue weighted by molar-refractivity contribution is 5.85. The first-order valence-corrected chi connectivity index (χ1v) is 9.28. The third kappa shape index (κ3) is 12.4.